The number of furan rings is 2. The van der Waals surface area contributed by atoms with Crippen LogP contribution in [0, 0.1) is 0 Å². The van der Waals surface area contributed by atoms with E-state index in [1.165, 1.54) is 6.26 Å². The molecule has 3 heterocycles. The number of halogens is 1. The molecule has 120 valence electrons. The van der Waals surface area contributed by atoms with Gasteiger partial charge in [0.05, 0.1) is 12.5 Å². The van der Waals surface area contributed by atoms with Crippen LogP contribution >= 0.6 is 0 Å². The van der Waals surface area contributed by atoms with Crippen LogP contribution in [0.25, 0.3) is 0 Å². The molecule has 0 atom stereocenters. The summed E-state index contributed by atoms with van der Waals surface area (Å²) in [5, 5.41) is 5.81. The maximum absolute atomic E-state index is 11.9. The molecule has 1 amide bonds. The van der Waals surface area contributed by atoms with Crippen LogP contribution in [0.3, 0.4) is 0 Å². The number of H-pyrrole nitrogens is 1. The fourth-order valence-electron chi connectivity index (χ4n) is 1.91. The van der Waals surface area contributed by atoms with Crippen LogP contribution in [0.5, 0.6) is 0 Å². The number of hydrogen-bond donors (Lipinski definition) is 3. The Labute approximate surface area is 138 Å². The van der Waals surface area contributed by atoms with Crippen molar-refractivity contribution in [3.63, 3.8) is 0 Å². The molecule has 0 bridgehead atoms. The zero-order valence-corrected chi connectivity index (χ0v) is 12.8. The lowest BCUT2D eigenvalue weighted by Crippen LogP contribution is -3.00. The summed E-state index contributed by atoms with van der Waals surface area (Å²) in [5.41, 5.74) is 6.38. The van der Waals surface area contributed by atoms with Crippen LogP contribution in [-0.2, 0) is 6.54 Å². The molecule has 3 aromatic heterocycles. The summed E-state index contributed by atoms with van der Waals surface area (Å²) in [7, 11) is 0. The summed E-state index contributed by atoms with van der Waals surface area (Å²) in [4.78, 5) is 14.9. The third-order valence-electron chi connectivity index (χ3n) is 3.00. The van der Waals surface area contributed by atoms with Crippen molar-refractivity contribution in [2.45, 2.75) is 6.54 Å². The zero-order valence-electron chi connectivity index (χ0n) is 12.0. The second-order valence-electron chi connectivity index (χ2n) is 4.56. The molecule has 3 rings (SSSR count). The van der Waals surface area contributed by atoms with Gasteiger partial charge >= 0.3 is 0 Å². The lowest BCUT2D eigenvalue weighted by atomic mass is 10.3. The van der Waals surface area contributed by atoms with Crippen LogP contribution in [0.1, 0.15) is 16.3 Å². The van der Waals surface area contributed by atoms with Crippen molar-refractivity contribution >= 4 is 23.2 Å². The molecular weight excluding hydrogens is 320 g/mol. The first-order valence-corrected chi connectivity index (χ1v) is 6.65. The highest BCUT2D eigenvalue weighted by Crippen LogP contribution is 2.16. The first-order valence-electron chi connectivity index (χ1n) is 6.65. The monoisotopic (exact) mass is 334 g/mol. The van der Waals surface area contributed by atoms with E-state index in [0.29, 0.717) is 23.9 Å². The zero-order chi connectivity index (χ0) is 15.4. The number of hydrogen-bond acceptors (Lipinski definition) is 5. The maximum Gasteiger partial charge on any atom is 0.291 e. The molecule has 0 fully saturated rings. The van der Waals surface area contributed by atoms with Crippen molar-refractivity contribution in [1.29, 1.82) is 0 Å². The van der Waals surface area contributed by atoms with E-state index in [0.717, 1.165) is 5.76 Å². The molecule has 0 saturated heterocycles. The average Bonchev–Trinajstić information content (AvgIpc) is 3.21. The fourth-order valence-corrected chi connectivity index (χ4v) is 1.91. The smallest absolute Gasteiger partial charge is 0.291 e. The van der Waals surface area contributed by atoms with Crippen molar-refractivity contribution in [2.75, 3.05) is 16.4 Å². The van der Waals surface area contributed by atoms with Gasteiger partial charge in [-0.05, 0) is 30.3 Å². The first kappa shape index (κ1) is 16.4. The summed E-state index contributed by atoms with van der Waals surface area (Å²) in [6.07, 6.45) is 3.05. The number of aromatic nitrogens is 1. The van der Waals surface area contributed by atoms with Gasteiger partial charge in [0.2, 0.25) is 11.6 Å². The third-order valence-corrected chi connectivity index (χ3v) is 3.00. The van der Waals surface area contributed by atoms with E-state index in [2.05, 4.69) is 15.6 Å². The average molecular weight is 335 g/mol. The van der Waals surface area contributed by atoms with Gasteiger partial charge in [-0.3, -0.25) is 10.1 Å². The lowest BCUT2D eigenvalue weighted by Gasteiger charge is -2.06. The van der Waals surface area contributed by atoms with Gasteiger partial charge in [-0.1, -0.05) is 0 Å². The minimum absolute atomic E-state index is 0. The third kappa shape index (κ3) is 4.04. The van der Waals surface area contributed by atoms with Gasteiger partial charge < -0.3 is 32.3 Å². The number of amides is 1. The second kappa shape index (κ2) is 7.37. The number of pyridine rings is 1. The number of carbonyl (C=O) groups excluding carboxylic acids is 1. The Bertz CT molecular complexity index is 757. The number of nitrogens with one attached hydrogen (secondary N) is 3. The van der Waals surface area contributed by atoms with E-state index in [9.17, 15) is 4.79 Å². The Balaban J connectivity index is 0.00000192. The van der Waals surface area contributed by atoms with Gasteiger partial charge in [0.25, 0.3) is 5.91 Å². The van der Waals surface area contributed by atoms with Crippen LogP contribution in [0.15, 0.2) is 57.8 Å². The molecule has 0 unspecified atom stereocenters. The van der Waals surface area contributed by atoms with Crippen LogP contribution in [0.2, 0.25) is 0 Å². The van der Waals surface area contributed by atoms with E-state index in [1.807, 2.05) is 12.1 Å². The SMILES string of the molecule is Nc1[nH+]c(NCc2ccco2)ccc1NC(=O)c1ccco1.[Cl-]. The molecule has 7 nitrogen and oxygen atoms in total. The van der Waals surface area contributed by atoms with Crippen molar-refractivity contribution in [3.05, 3.63) is 60.4 Å². The second-order valence-corrected chi connectivity index (χ2v) is 4.56. The van der Waals surface area contributed by atoms with E-state index in [4.69, 9.17) is 14.6 Å². The highest BCUT2D eigenvalue weighted by atomic mass is 35.5. The van der Waals surface area contributed by atoms with Crippen molar-refractivity contribution in [1.82, 2.24) is 0 Å². The van der Waals surface area contributed by atoms with Gasteiger partial charge in [-0.25, -0.2) is 4.98 Å². The van der Waals surface area contributed by atoms with Gasteiger partial charge in [-0.15, -0.1) is 0 Å². The molecule has 3 aromatic rings. The largest absolute Gasteiger partial charge is 1.00 e. The Hall–Kier alpha value is -2.93. The van der Waals surface area contributed by atoms with Gasteiger partial charge in [-0.2, -0.15) is 0 Å². The molecule has 8 heteroatoms. The predicted octanol–water partition coefficient (Wildman–Crippen LogP) is -0.863. The number of nitrogens with two attached hydrogens (primary N) is 1. The van der Waals surface area contributed by atoms with Crippen LogP contribution in [-0.4, -0.2) is 5.91 Å². The lowest BCUT2D eigenvalue weighted by molar-refractivity contribution is -0.342. The first-order chi connectivity index (χ1) is 10.7. The number of anilines is 3. The number of aromatic amines is 1. The topological polar surface area (TPSA) is 108 Å². The van der Waals surface area contributed by atoms with Crippen LogP contribution in [0.4, 0.5) is 17.3 Å². The minimum atomic E-state index is -0.360. The fraction of sp³-hybridized carbons (Fsp3) is 0.0667. The summed E-state index contributed by atoms with van der Waals surface area (Å²) in [6.45, 7) is 0.529. The van der Waals surface area contributed by atoms with E-state index in [1.54, 1.807) is 30.5 Å². The summed E-state index contributed by atoms with van der Waals surface area (Å²) in [6, 6.07) is 10.4. The van der Waals surface area contributed by atoms with Crippen molar-refractivity contribution < 1.29 is 31.0 Å². The normalized spacial score (nSPS) is 9.91. The quantitative estimate of drug-likeness (QED) is 0.562. The molecule has 0 radical (unpaired) electrons. The number of nitrogen functional groups attached to an aromatic ring is 1. The Morgan fingerprint density at radius 3 is 2.57 bits per heavy atom. The molecule has 0 aromatic carbocycles. The van der Waals surface area contributed by atoms with Gasteiger partial charge in [0.15, 0.2) is 5.76 Å². The number of carbonyl (C=O) groups is 1. The molecule has 5 N–H and O–H groups in total. The minimum Gasteiger partial charge on any atom is -1.00 e. The maximum atomic E-state index is 11.9. The van der Waals surface area contributed by atoms with Gasteiger partial charge in [0, 0.05) is 6.07 Å². The highest BCUT2D eigenvalue weighted by Gasteiger charge is 2.13. The molecule has 0 aliphatic rings. The standard InChI is InChI=1S/C15H14N4O3.ClH/c16-14-11(18-15(20)12-4-2-8-22-12)5-6-13(19-14)17-9-10-3-1-7-21-10;/h1-8H,9H2,(H,18,20)(H3,16,17,19);1H. The van der Waals surface area contributed by atoms with Crippen molar-refractivity contribution in [3.8, 4) is 0 Å². The molecule has 0 aliphatic heterocycles. The molecule has 0 aliphatic carbocycles. The Morgan fingerprint density at radius 1 is 1.13 bits per heavy atom. The predicted molar refractivity (Wildman–Crippen MR) is 80.1 cm³/mol. The van der Waals surface area contributed by atoms with Crippen molar-refractivity contribution in [2.24, 2.45) is 0 Å². The number of rotatable bonds is 5. The summed E-state index contributed by atoms with van der Waals surface area (Å²) in [5.74, 6) is 1.72. The van der Waals surface area contributed by atoms with Crippen LogP contribution < -0.4 is 33.8 Å². The molecule has 0 spiro atoms. The Morgan fingerprint density at radius 2 is 1.91 bits per heavy atom. The summed E-state index contributed by atoms with van der Waals surface area (Å²) >= 11 is 0. The van der Waals surface area contributed by atoms with Gasteiger partial charge in [0.1, 0.15) is 18.0 Å². The van der Waals surface area contributed by atoms with E-state index < -0.39 is 0 Å². The molecule has 23 heavy (non-hydrogen) atoms. The highest BCUT2D eigenvalue weighted by molar-refractivity contribution is 6.03. The molecule has 0 saturated carbocycles. The summed E-state index contributed by atoms with van der Waals surface area (Å²) < 4.78 is 10.3. The van der Waals surface area contributed by atoms with E-state index >= 15 is 0 Å². The molecular formula is C15H15ClN4O3. The Kier molecular flexibility index (Phi) is 5.27. The van der Waals surface area contributed by atoms with E-state index in [-0.39, 0.29) is 24.1 Å².